The van der Waals surface area contributed by atoms with Gasteiger partial charge in [-0.05, 0) is 50.4 Å². The molecule has 1 aliphatic heterocycles. The molecule has 0 saturated heterocycles. The van der Waals surface area contributed by atoms with Gasteiger partial charge in [-0.1, -0.05) is 31.4 Å². The maximum Gasteiger partial charge on any atom is 0.123 e. The van der Waals surface area contributed by atoms with Crippen molar-refractivity contribution in [3.05, 3.63) is 29.3 Å². The quantitative estimate of drug-likeness (QED) is 0.886. The number of fused-ring (bicyclic) bond motifs is 1. The van der Waals surface area contributed by atoms with Crippen LogP contribution in [0.3, 0.4) is 0 Å². The smallest absolute Gasteiger partial charge is 0.123 e. The maximum atomic E-state index is 5.96. The molecule has 2 aliphatic rings. The Bertz CT molecular complexity index is 462. The summed E-state index contributed by atoms with van der Waals surface area (Å²) >= 11 is 0. The largest absolute Gasteiger partial charge is 0.487 e. The van der Waals surface area contributed by atoms with Crippen molar-refractivity contribution in [1.82, 2.24) is 5.32 Å². The molecule has 104 valence electrons. The van der Waals surface area contributed by atoms with Crippen LogP contribution in [0.4, 0.5) is 0 Å². The zero-order valence-electron chi connectivity index (χ0n) is 12.3. The van der Waals surface area contributed by atoms with Crippen LogP contribution in [-0.2, 0) is 6.42 Å². The normalized spacial score (nSPS) is 22.5. The molecule has 19 heavy (non-hydrogen) atoms. The number of hydrogen-bond acceptors (Lipinski definition) is 2. The third kappa shape index (κ3) is 2.64. The van der Waals surface area contributed by atoms with E-state index in [1.165, 1.54) is 36.8 Å². The van der Waals surface area contributed by atoms with Gasteiger partial charge in [0.25, 0.3) is 0 Å². The minimum atomic E-state index is -0.0376. The van der Waals surface area contributed by atoms with Crippen LogP contribution in [-0.4, -0.2) is 12.6 Å². The topological polar surface area (TPSA) is 21.3 Å². The molecule has 2 nitrogen and oxygen atoms in total. The molecular formula is C17H25NO. The van der Waals surface area contributed by atoms with Crippen molar-refractivity contribution in [3.63, 3.8) is 0 Å². The lowest BCUT2D eigenvalue weighted by atomic mass is 9.79. The predicted molar refractivity (Wildman–Crippen MR) is 78.6 cm³/mol. The second-order valence-electron chi connectivity index (χ2n) is 6.78. The van der Waals surface area contributed by atoms with Crippen LogP contribution in [0.25, 0.3) is 0 Å². The molecule has 0 amide bonds. The lowest BCUT2D eigenvalue weighted by molar-refractivity contribution is 0.138. The lowest BCUT2D eigenvalue weighted by Gasteiger charge is -2.30. The Morgan fingerprint density at radius 2 is 2.16 bits per heavy atom. The zero-order chi connectivity index (χ0) is 13.5. The Hall–Kier alpha value is -1.02. The summed E-state index contributed by atoms with van der Waals surface area (Å²) in [7, 11) is 2.08. The van der Waals surface area contributed by atoms with Crippen LogP contribution < -0.4 is 10.1 Å². The highest BCUT2D eigenvalue weighted by Gasteiger charge is 2.31. The Labute approximate surface area is 116 Å². The van der Waals surface area contributed by atoms with Gasteiger partial charge < -0.3 is 10.1 Å². The fraction of sp³-hybridized carbons (Fsp3) is 0.647. The summed E-state index contributed by atoms with van der Waals surface area (Å²) in [6, 6.07) is 7.24. The summed E-state index contributed by atoms with van der Waals surface area (Å²) in [6.07, 6.45) is 6.56. The molecule has 2 heteroatoms. The van der Waals surface area contributed by atoms with E-state index >= 15 is 0 Å². The van der Waals surface area contributed by atoms with Gasteiger partial charge in [-0.25, -0.2) is 0 Å². The third-order valence-corrected chi connectivity index (χ3v) is 4.63. The van der Waals surface area contributed by atoms with Gasteiger partial charge in [0, 0.05) is 12.5 Å². The first-order valence-corrected chi connectivity index (χ1v) is 7.56. The van der Waals surface area contributed by atoms with E-state index in [-0.39, 0.29) is 5.60 Å². The van der Waals surface area contributed by atoms with Gasteiger partial charge in [-0.2, -0.15) is 0 Å². The van der Waals surface area contributed by atoms with E-state index in [1.807, 2.05) is 0 Å². The number of nitrogens with one attached hydrogen (secondary N) is 1. The summed E-state index contributed by atoms with van der Waals surface area (Å²) in [4.78, 5) is 0. The summed E-state index contributed by atoms with van der Waals surface area (Å²) in [6.45, 7) is 4.33. The van der Waals surface area contributed by atoms with Gasteiger partial charge in [0.2, 0.25) is 0 Å². The second-order valence-corrected chi connectivity index (χ2v) is 6.78. The molecule has 3 rings (SSSR count). The Morgan fingerprint density at radius 3 is 2.79 bits per heavy atom. The molecule has 1 N–H and O–H groups in total. The van der Waals surface area contributed by atoms with Crippen molar-refractivity contribution >= 4 is 0 Å². The first-order chi connectivity index (χ1) is 9.07. The SMILES string of the molecule is CNC(CC1CCC1)c1ccc2c(c1)CC(C)(C)O2. The summed E-state index contributed by atoms with van der Waals surface area (Å²) in [5.41, 5.74) is 2.76. The third-order valence-electron chi connectivity index (χ3n) is 4.63. The highest BCUT2D eigenvalue weighted by molar-refractivity contribution is 5.42. The maximum absolute atomic E-state index is 5.96. The van der Waals surface area contributed by atoms with Gasteiger partial charge in [0.05, 0.1) is 0 Å². The first kappa shape index (κ1) is 13.0. The highest BCUT2D eigenvalue weighted by atomic mass is 16.5. The van der Waals surface area contributed by atoms with Crippen molar-refractivity contribution < 1.29 is 4.74 Å². The first-order valence-electron chi connectivity index (χ1n) is 7.56. The van der Waals surface area contributed by atoms with Crippen LogP contribution in [0.2, 0.25) is 0 Å². The van der Waals surface area contributed by atoms with Gasteiger partial charge in [0.1, 0.15) is 11.4 Å². The minimum absolute atomic E-state index is 0.0376. The van der Waals surface area contributed by atoms with Crippen LogP contribution in [0.1, 0.15) is 56.7 Å². The number of hydrogen-bond donors (Lipinski definition) is 1. The molecule has 0 radical (unpaired) electrons. The van der Waals surface area contributed by atoms with Gasteiger partial charge in [0.15, 0.2) is 0 Å². The van der Waals surface area contributed by atoms with E-state index in [4.69, 9.17) is 4.74 Å². The molecule has 1 aliphatic carbocycles. The van der Waals surface area contributed by atoms with Gasteiger partial charge in [-0.3, -0.25) is 0 Å². The molecular weight excluding hydrogens is 234 g/mol. The molecule has 1 heterocycles. The van der Waals surface area contributed by atoms with Crippen molar-refractivity contribution in [1.29, 1.82) is 0 Å². The number of benzene rings is 1. The lowest BCUT2D eigenvalue weighted by Crippen LogP contribution is -2.24. The fourth-order valence-corrected chi connectivity index (χ4v) is 3.33. The van der Waals surface area contributed by atoms with Crippen LogP contribution >= 0.6 is 0 Å². The number of ether oxygens (including phenoxy) is 1. The van der Waals surface area contributed by atoms with E-state index in [0.29, 0.717) is 6.04 Å². The van der Waals surface area contributed by atoms with Crippen LogP contribution in [0.15, 0.2) is 18.2 Å². The van der Waals surface area contributed by atoms with E-state index in [9.17, 15) is 0 Å². The Kier molecular flexibility index (Phi) is 3.30. The predicted octanol–water partition coefficient (Wildman–Crippen LogP) is 3.85. The summed E-state index contributed by atoms with van der Waals surface area (Å²) in [5, 5.41) is 3.49. The van der Waals surface area contributed by atoms with E-state index in [2.05, 4.69) is 44.4 Å². The Morgan fingerprint density at radius 1 is 1.37 bits per heavy atom. The zero-order valence-corrected chi connectivity index (χ0v) is 12.3. The molecule has 0 bridgehead atoms. The molecule has 1 saturated carbocycles. The molecule has 1 atom stereocenters. The average Bonchev–Trinajstić information content (AvgIpc) is 2.60. The minimum Gasteiger partial charge on any atom is -0.487 e. The van der Waals surface area contributed by atoms with Crippen molar-refractivity contribution in [2.75, 3.05) is 7.05 Å². The highest BCUT2D eigenvalue weighted by Crippen LogP contribution is 2.39. The number of rotatable bonds is 4. The fourth-order valence-electron chi connectivity index (χ4n) is 3.33. The molecule has 1 aromatic carbocycles. The van der Waals surface area contributed by atoms with Crippen molar-refractivity contribution in [2.45, 2.75) is 57.6 Å². The monoisotopic (exact) mass is 259 g/mol. The van der Waals surface area contributed by atoms with E-state index in [0.717, 1.165) is 18.1 Å². The van der Waals surface area contributed by atoms with Crippen molar-refractivity contribution in [3.8, 4) is 5.75 Å². The average molecular weight is 259 g/mol. The molecule has 0 aromatic heterocycles. The van der Waals surface area contributed by atoms with Crippen LogP contribution in [0, 0.1) is 5.92 Å². The second kappa shape index (κ2) is 4.82. The molecule has 1 fully saturated rings. The molecule has 1 aromatic rings. The summed E-state index contributed by atoms with van der Waals surface area (Å²) < 4.78 is 5.96. The van der Waals surface area contributed by atoms with E-state index < -0.39 is 0 Å². The Balaban J connectivity index is 1.77. The van der Waals surface area contributed by atoms with Gasteiger partial charge in [-0.15, -0.1) is 0 Å². The van der Waals surface area contributed by atoms with E-state index in [1.54, 1.807) is 0 Å². The standard InChI is InChI=1S/C17H25NO/c1-17(2)11-14-10-13(7-8-16(14)19-17)15(18-3)9-12-5-4-6-12/h7-8,10,12,15,18H,4-6,9,11H2,1-3H3. The van der Waals surface area contributed by atoms with Gasteiger partial charge >= 0.3 is 0 Å². The molecule has 0 spiro atoms. The molecule has 1 unspecified atom stereocenters. The van der Waals surface area contributed by atoms with Crippen molar-refractivity contribution in [2.24, 2.45) is 5.92 Å². The van der Waals surface area contributed by atoms with Crippen LogP contribution in [0.5, 0.6) is 5.75 Å². The summed E-state index contributed by atoms with van der Waals surface area (Å²) in [5.74, 6) is 2.01.